The summed E-state index contributed by atoms with van der Waals surface area (Å²) in [5, 5.41) is 8.86. The van der Waals surface area contributed by atoms with E-state index in [1.54, 1.807) is 7.11 Å². The van der Waals surface area contributed by atoms with Crippen molar-refractivity contribution in [2.45, 2.75) is 11.3 Å². The fraction of sp³-hybridized carbons (Fsp3) is 0.462. The van der Waals surface area contributed by atoms with Gasteiger partial charge in [-0.15, -0.1) is 0 Å². The van der Waals surface area contributed by atoms with Gasteiger partial charge < -0.3 is 4.74 Å². The molecule has 7 heteroatoms. The highest BCUT2D eigenvalue weighted by Gasteiger charge is 2.33. The largest absolute Gasteiger partial charge is 0.384 e. The number of hydrogen-bond acceptors (Lipinski definition) is 4. The van der Waals surface area contributed by atoms with E-state index in [0.717, 1.165) is 6.42 Å². The third-order valence-corrected chi connectivity index (χ3v) is 5.68. The van der Waals surface area contributed by atoms with Crippen LogP contribution < -0.4 is 0 Å². The molecule has 1 aliphatic rings. The molecule has 0 N–H and O–H groups in total. The molecule has 0 aromatic heterocycles. The van der Waals surface area contributed by atoms with E-state index in [0.29, 0.717) is 25.3 Å². The molecule has 5 nitrogen and oxygen atoms in total. The minimum absolute atomic E-state index is 0.0521. The van der Waals surface area contributed by atoms with Crippen molar-refractivity contribution in [2.24, 2.45) is 5.92 Å². The van der Waals surface area contributed by atoms with E-state index >= 15 is 0 Å². The first-order valence-electron chi connectivity index (χ1n) is 6.17. The average Bonchev–Trinajstić information content (AvgIpc) is 2.88. The van der Waals surface area contributed by atoms with Crippen LogP contribution in [0.3, 0.4) is 0 Å². The summed E-state index contributed by atoms with van der Waals surface area (Å²) in [6.07, 6.45) is 0.779. The van der Waals surface area contributed by atoms with Gasteiger partial charge in [-0.05, 0) is 30.5 Å². The van der Waals surface area contributed by atoms with Gasteiger partial charge in [0.2, 0.25) is 10.0 Å². The lowest BCUT2D eigenvalue weighted by atomic mass is 10.1. The zero-order chi connectivity index (χ0) is 14.8. The zero-order valence-corrected chi connectivity index (χ0v) is 12.6. The molecule has 1 heterocycles. The number of hydrogen-bond donors (Lipinski definition) is 0. The van der Waals surface area contributed by atoms with Gasteiger partial charge in [0.25, 0.3) is 0 Å². The molecular weight excluding hydrogens is 300 g/mol. The van der Waals surface area contributed by atoms with Crippen molar-refractivity contribution >= 4 is 21.6 Å². The standard InChI is InChI=1S/C13H15ClN2O3S/c1-19-9-11-4-5-16(8-11)20(17,18)13-3-2-10(7-15)6-12(13)14/h2-3,6,11H,4-5,8-9H2,1H3. The monoisotopic (exact) mass is 314 g/mol. The van der Waals surface area contributed by atoms with Crippen LogP contribution in [0.4, 0.5) is 0 Å². The Labute approximate surface area is 123 Å². The summed E-state index contributed by atoms with van der Waals surface area (Å²) < 4.78 is 31.5. The van der Waals surface area contributed by atoms with Crippen molar-refractivity contribution in [3.05, 3.63) is 28.8 Å². The van der Waals surface area contributed by atoms with Crippen molar-refractivity contribution in [2.75, 3.05) is 26.8 Å². The summed E-state index contributed by atoms with van der Waals surface area (Å²) in [6.45, 7) is 1.45. The summed E-state index contributed by atoms with van der Waals surface area (Å²) >= 11 is 5.99. The number of methoxy groups -OCH3 is 1. The molecule has 20 heavy (non-hydrogen) atoms. The van der Waals surface area contributed by atoms with Crippen LogP contribution in [0, 0.1) is 17.2 Å². The van der Waals surface area contributed by atoms with Crippen LogP contribution in [0.25, 0.3) is 0 Å². The van der Waals surface area contributed by atoms with Crippen LogP contribution in [0.2, 0.25) is 5.02 Å². The van der Waals surface area contributed by atoms with Crippen LogP contribution in [-0.4, -0.2) is 39.5 Å². The lowest BCUT2D eigenvalue weighted by Gasteiger charge is -2.17. The van der Waals surface area contributed by atoms with Gasteiger partial charge in [-0.25, -0.2) is 8.42 Å². The third-order valence-electron chi connectivity index (χ3n) is 3.33. The highest BCUT2D eigenvalue weighted by atomic mass is 35.5. The highest BCUT2D eigenvalue weighted by Crippen LogP contribution is 2.29. The maximum absolute atomic E-state index is 12.5. The van der Waals surface area contributed by atoms with Crippen LogP contribution in [0.5, 0.6) is 0 Å². The second-order valence-corrected chi connectivity index (χ2v) is 7.04. The van der Waals surface area contributed by atoms with E-state index in [4.69, 9.17) is 21.6 Å². The van der Waals surface area contributed by atoms with Crippen LogP contribution in [0.15, 0.2) is 23.1 Å². The Morgan fingerprint density at radius 2 is 2.30 bits per heavy atom. The van der Waals surface area contributed by atoms with Gasteiger partial charge in [-0.2, -0.15) is 9.57 Å². The molecule has 108 valence electrons. The van der Waals surface area contributed by atoms with Crippen molar-refractivity contribution in [1.29, 1.82) is 5.26 Å². The molecule has 1 fully saturated rings. The van der Waals surface area contributed by atoms with Crippen LogP contribution >= 0.6 is 11.6 Å². The van der Waals surface area contributed by atoms with Crippen LogP contribution in [-0.2, 0) is 14.8 Å². The van der Waals surface area contributed by atoms with Crippen molar-refractivity contribution in [1.82, 2.24) is 4.31 Å². The Morgan fingerprint density at radius 3 is 2.90 bits per heavy atom. The van der Waals surface area contributed by atoms with E-state index < -0.39 is 10.0 Å². The molecule has 1 aromatic carbocycles. The lowest BCUT2D eigenvalue weighted by molar-refractivity contribution is 0.157. The quantitative estimate of drug-likeness (QED) is 0.850. The van der Waals surface area contributed by atoms with Gasteiger partial charge in [0.15, 0.2) is 0 Å². The summed E-state index contributed by atoms with van der Waals surface area (Å²) in [6, 6.07) is 6.15. The normalized spacial score (nSPS) is 19.9. The predicted molar refractivity (Wildman–Crippen MR) is 74.9 cm³/mol. The molecule has 0 radical (unpaired) electrons. The number of nitriles is 1. The molecule has 1 aromatic rings. The van der Waals surface area contributed by atoms with Gasteiger partial charge in [0.05, 0.1) is 23.3 Å². The van der Waals surface area contributed by atoms with E-state index in [-0.39, 0.29) is 15.8 Å². The van der Waals surface area contributed by atoms with Gasteiger partial charge >= 0.3 is 0 Å². The van der Waals surface area contributed by atoms with Gasteiger partial charge in [-0.3, -0.25) is 0 Å². The summed E-state index contributed by atoms with van der Waals surface area (Å²) in [4.78, 5) is 0.0521. The molecule has 0 saturated carbocycles. The molecule has 1 aliphatic heterocycles. The molecule has 1 atom stereocenters. The molecule has 0 bridgehead atoms. The van der Waals surface area contributed by atoms with Gasteiger partial charge in [-0.1, -0.05) is 11.6 Å². The highest BCUT2D eigenvalue weighted by molar-refractivity contribution is 7.89. The first kappa shape index (κ1) is 15.3. The summed E-state index contributed by atoms with van der Waals surface area (Å²) in [5.41, 5.74) is 0.340. The smallest absolute Gasteiger partial charge is 0.244 e. The van der Waals surface area contributed by atoms with Crippen molar-refractivity contribution in [3.63, 3.8) is 0 Å². The molecule has 1 unspecified atom stereocenters. The topological polar surface area (TPSA) is 70.4 Å². The summed E-state index contributed by atoms with van der Waals surface area (Å²) in [7, 11) is -2.00. The third kappa shape index (κ3) is 2.96. The fourth-order valence-electron chi connectivity index (χ4n) is 2.31. The Kier molecular flexibility index (Phi) is 4.66. The molecule has 1 saturated heterocycles. The number of rotatable bonds is 4. The molecular formula is C13H15ClN2O3S. The lowest BCUT2D eigenvalue weighted by Crippen LogP contribution is -2.29. The molecule has 2 rings (SSSR count). The Hall–Kier alpha value is -1.13. The number of sulfonamides is 1. The second kappa shape index (κ2) is 6.10. The van der Waals surface area contributed by atoms with Gasteiger partial charge in [0.1, 0.15) is 4.90 Å². The second-order valence-electron chi connectivity index (χ2n) is 4.73. The summed E-state index contributed by atoms with van der Waals surface area (Å²) in [5.74, 6) is 0.215. The Morgan fingerprint density at radius 1 is 1.55 bits per heavy atom. The van der Waals surface area contributed by atoms with E-state index in [1.165, 1.54) is 22.5 Å². The first-order valence-corrected chi connectivity index (χ1v) is 7.99. The van der Waals surface area contributed by atoms with Crippen LogP contribution in [0.1, 0.15) is 12.0 Å². The van der Waals surface area contributed by atoms with E-state index in [2.05, 4.69) is 0 Å². The molecule has 0 amide bonds. The number of ether oxygens (including phenoxy) is 1. The minimum atomic E-state index is -3.61. The Bertz CT molecular complexity index is 640. The minimum Gasteiger partial charge on any atom is -0.384 e. The maximum atomic E-state index is 12.5. The Balaban J connectivity index is 2.26. The number of halogens is 1. The van der Waals surface area contributed by atoms with Crippen molar-refractivity contribution in [3.8, 4) is 6.07 Å². The first-order chi connectivity index (χ1) is 9.48. The van der Waals surface area contributed by atoms with E-state index in [9.17, 15) is 8.42 Å². The van der Waals surface area contributed by atoms with Gasteiger partial charge in [0, 0.05) is 20.2 Å². The number of benzene rings is 1. The SMILES string of the molecule is COCC1CCN(S(=O)(=O)c2ccc(C#N)cc2Cl)C1. The zero-order valence-electron chi connectivity index (χ0n) is 11.0. The van der Waals surface area contributed by atoms with Crippen molar-refractivity contribution < 1.29 is 13.2 Å². The predicted octanol–water partition coefficient (Wildman–Crippen LogP) is 1.87. The molecule has 0 aliphatic carbocycles. The van der Waals surface area contributed by atoms with E-state index in [1.807, 2.05) is 6.07 Å². The average molecular weight is 315 g/mol. The maximum Gasteiger partial charge on any atom is 0.244 e. The fourth-order valence-corrected chi connectivity index (χ4v) is 4.36. The molecule has 0 spiro atoms. The number of nitrogens with zero attached hydrogens (tertiary/aromatic N) is 2.